The SMILES string of the molecule is C[C@@H](CO)Nc1nc2nc(C(=O)O)nc(N[C@H](C)C3CCC3)c2n1Cc1ccc(C(F)(F)F)cc1. The monoisotopic (exact) mass is 492 g/mol. The van der Waals surface area contributed by atoms with Crippen LogP contribution in [0.3, 0.4) is 0 Å². The lowest BCUT2D eigenvalue weighted by molar-refractivity contribution is -0.137. The number of halogens is 3. The van der Waals surface area contributed by atoms with E-state index in [0.29, 0.717) is 17.0 Å². The molecule has 0 bridgehead atoms. The van der Waals surface area contributed by atoms with Crippen molar-refractivity contribution in [3.63, 3.8) is 0 Å². The molecule has 4 rings (SSSR count). The van der Waals surface area contributed by atoms with Gasteiger partial charge in [-0.15, -0.1) is 0 Å². The number of carboxylic acids is 1. The van der Waals surface area contributed by atoms with Gasteiger partial charge in [0.25, 0.3) is 0 Å². The van der Waals surface area contributed by atoms with Crippen molar-refractivity contribution >= 4 is 28.9 Å². The summed E-state index contributed by atoms with van der Waals surface area (Å²) in [6, 6.07) is 4.40. The van der Waals surface area contributed by atoms with Gasteiger partial charge in [0.15, 0.2) is 11.5 Å². The van der Waals surface area contributed by atoms with Gasteiger partial charge in [0.1, 0.15) is 5.52 Å². The van der Waals surface area contributed by atoms with E-state index in [1.54, 1.807) is 11.5 Å². The molecule has 188 valence electrons. The standard InChI is InChI=1S/C23H27F3N6O3/c1-12(11-33)27-22-31-19-17(32(22)10-14-6-8-16(9-7-14)23(24,25)26)18(29-20(30-19)21(34)35)28-13(2)15-4-3-5-15/h6-9,12-13,15,33H,3-5,10-11H2,1-2H3,(H,34,35)(H2,27,28,29,30,31)/t12-,13+/m0/s1. The molecule has 0 spiro atoms. The number of aliphatic hydroxyl groups is 1. The van der Waals surface area contributed by atoms with E-state index >= 15 is 0 Å². The predicted molar refractivity (Wildman–Crippen MR) is 123 cm³/mol. The summed E-state index contributed by atoms with van der Waals surface area (Å²) in [6.45, 7) is 3.66. The number of hydrogen-bond donors (Lipinski definition) is 4. The fourth-order valence-corrected chi connectivity index (χ4v) is 4.02. The maximum atomic E-state index is 13.0. The maximum Gasteiger partial charge on any atom is 0.416 e. The average molecular weight is 493 g/mol. The number of hydrogen-bond acceptors (Lipinski definition) is 7. The van der Waals surface area contributed by atoms with Gasteiger partial charge in [0, 0.05) is 12.1 Å². The smallest absolute Gasteiger partial charge is 0.416 e. The molecule has 2 atom stereocenters. The first-order chi connectivity index (χ1) is 16.6. The number of alkyl halides is 3. The second-order valence-electron chi connectivity index (χ2n) is 8.94. The summed E-state index contributed by atoms with van der Waals surface area (Å²) >= 11 is 0. The quantitative estimate of drug-likeness (QED) is 0.354. The van der Waals surface area contributed by atoms with E-state index in [1.807, 2.05) is 6.92 Å². The van der Waals surface area contributed by atoms with Crippen molar-refractivity contribution in [3.8, 4) is 0 Å². The Morgan fingerprint density at radius 3 is 2.37 bits per heavy atom. The van der Waals surface area contributed by atoms with Crippen molar-refractivity contribution in [1.82, 2.24) is 19.5 Å². The Labute approximate surface area is 199 Å². The molecule has 0 aliphatic heterocycles. The van der Waals surface area contributed by atoms with E-state index in [9.17, 15) is 28.2 Å². The van der Waals surface area contributed by atoms with Crippen LogP contribution in [-0.2, 0) is 12.7 Å². The molecular formula is C23H27F3N6O3. The number of imidazole rings is 1. The van der Waals surface area contributed by atoms with Crippen LogP contribution < -0.4 is 10.6 Å². The van der Waals surface area contributed by atoms with Crippen molar-refractivity contribution in [2.24, 2.45) is 5.92 Å². The number of benzene rings is 1. The van der Waals surface area contributed by atoms with Crippen LogP contribution in [0.1, 0.15) is 54.9 Å². The molecule has 2 heterocycles. The van der Waals surface area contributed by atoms with E-state index in [0.717, 1.165) is 31.4 Å². The summed E-state index contributed by atoms with van der Waals surface area (Å²) in [5, 5.41) is 25.4. The summed E-state index contributed by atoms with van der Waals surface area (Å²) < 4.78 is 40.7. The Balaban J connectivity index is 1.81. The first kappa shape index (κ1) is 24.7. The van der Waals surface area contributed by atoms with Gasteiger partial charge in [-0.2, -0.15) is 18.2 Å². The van der Waals surface area contributed by atoms with Crippen LogP contribution in [0.4, 0.5) is 24.9 Å². The summed E-state index contributed by atoms with van der Waals surface area (Å²) in [6.07, 6.45) is -1.20. The highest BCUT2D eigenvalue weighted by atomic mass is 19.4. The van der Waals surface area contributed by atoms with Gasteiger partial charge in [0.05, 0.1) is 18.7 Å². The predicted octanol–water partition coefficient (Wildman–Crippen LogP) is 3.98. The highest BCUT2D eigenvalue weighted by Gasteiger charge is 2.30. The number of aliphatic hydroxyl groups excluding tert-OH is 1. The van der Waals surface area contributed by atoms with Gasteiger partial charge >= 0.3 is 12.1 Å². The molecule has 1 aliphatic rings. The minimum atomic E-state index is -4.45. The van der Waals surface area contributed by atoms with Gasteiger partial charge in [-0.25, -0.2) is 14.8 Å². The molecule has 0 radical (unpaired) electrons. The number of carbonyl (C=O) groups is 1. The number of aromatic nitrogens is 4. The van der Waals surface area contributed by atoms with Crippen LogP contribution in [0, 0.1) is 5.92 Å². The molecule has 1 saturated carbocycles. The molecule has 1 aromatic carbocycles. The van der Waals surface area contributed by atoms with Crippen molar-refractivity contribution < 1.29 is 28.2 Å². The number of aromatic carboxylic acids is 1. The Morgan fingerprint density at radius 1 is 1.14 bits per heavy atom. The van der Waals surface area contributed by atoms with Crippen LogP contribution in [0.2, 0.25) is 0 Å². The third-order valence-electron chi connectivity index (χ3n) is 6.29. The Kier molecular flexibility index (Phi) is 6.84. The van der Waals surface area contributed by atoms with Crippen molar-refractivity contribution in [2.75, 3.05) is 17.2 Å². The lowest BCUT2D eigenvalue weighted by Crippen LogP contribution is -2.31. The molecular weight excluding hydrogens is 465 g/mol. The summed E-state index contributed by atoms with van der Waals surface area (Å²) in [7, 11) is 0. The Hall–Kier alpha value is -3.41. The maximum absolute atomic E-state index is 13.0. The lowest BCUT2D eigenvalue weighted by Gasteiger charge is -2.32. The molecule has 1 aliphatic carbocycles. The van der Waals surface area contributed by atoms with Gasteiger partial charge in [-0.1, -0.05) is 18.6 Å². The number of anilines is 2. The molecule has 4 N–H and O–H groups in total. The van der Waals surface area contributed by atoms with Gasteiger partial charge in [0.2, 0.25) is 11.8 Å². The van der Waals surface area contributed by atoms with Crippen molar-refractivity contribution in [3.05, 3.63) is 41.2 Å². The second kappa shape index (κ2) is 9.68. The molecule has 0 saturated heterocycles. The van der Waals surface area contributed by atoms with Crippen LogP contribution in [0.5, 0.6) is 0 Å². The zero-order valence-corrected chi connectivity index (χ0v) is 19.3. The van der Waals surface area contributed by atoms with Crippen LogP contribution in [-0.4, -0.2) is 54.4 Å². The zero-order valence-electron chi connectivity index (χ0n) is 19.3. The van der Waals surface area contributed by atoms with Crippen LogP contribution in [0.25, 0.3) is 11.2 Å². The molecule has 2 aromatic heterocycles. The van der Waals surface area contributed by atoms with Crippen molar-refractivity contribution in [2.45, 2.75) is 57.9 Å². The summed E-state index contributed by atoms with van der Waals surface area (Å²) in [4.78, 5) is 24.4. The van der Waals surface area contributed by atoms with Crippen LogP contribution in [0.15, 0.2) is 24.3 Å². The molecule has 35 heavy (non-hydrogen) atoms. The molecule has 0 unspecified atom stereocenters. The van der Waals surface area contributed by atoms with E-state index in [2.05, 4.69) is 25.6 Å². The zero-order chi connectivity index (χ0) is 25.3. The third-order valence-corrected chi connectivity index (χ3v) is 6.29. The van der Waals surface area contributed by atoms with Gasteiger partial charge < -0.3 is 25.4 Å². The van der Waals surface area contributed by atoms with Gasteiger partial charge in [-0.05, 0) is 50.3 Å². The molecule has 0 amide bonds. The van der Waals surface area contributed by atoms with E-state index in [-0.39, 0.29) is 36.6 Å². The number of fused-ring (bicyclic) bond motifs is 1. The lowest BCUT2D eigenvalue weighted by atomic mass is 9.80. The number of carboxylic acid groups (broad SMARTS) is 1. The second-order valence-corrected chi connectivity index (χ2v) is 8.94. The number of nitrogens with zero attached hydrogens (tertiary/aromatic N) is 4. The molecule has 3 aromatic rings. The highest BCUT2D eigenvalue weighted by Crippen LogP contribution is 2.34. The van der Waals surface area contributed by atoms with Crippen LogP contribution >= 0.6 is 0 Å². The van der Waals surface area contributed by atoms with E-state index in [4.69, 9.17) is 0 Å². The normalized spacial score (nSPS) is 16.1. The first-order valence-corrected chi connectivity index (χ1v) is 11.4. The number of nitrogens with one attached hydrogen (secondary N) is 2. The van der Waals surface area contributed by atoms with E-state index < -0.39 is 29.6 Å². The van der Waals surface area contributed by atoms with E-state index in [1.165, 1.54) is 12.1 Å². The average Bonchev–Trinajstić information content (AvgIpc) is 3.09. The topological polar surface area (TPSA) is 125 Å². The summed E-state index contributed by atoms with van der Waals surface area (Å²) in [5.74, 6) is -0.719. The Bertz CT molecular complexity index is 1210. The molecule has 12 heteroatoms. The largest absolute Gasteiger partial charge is 0.475 e. The fourth-order valence-electron chi connectivity index (χ4n) is 4.02. The Morgan fingerprint density at radius 2 is 1.83 bits per heavy atom. The van der Waals surface area contributed by atoms with Crippen molar-refractivity contribution in [1.29, 1.82) is 0 Å². The fraction of sp³-hybridized carbons (Fsp3) is 0.478. The number of rotatable bonds is 9. The van der Waals surface area contributed by atoms with Gasteiger partial charge in [-0.3, -0.25) is 0 Å². The minimum absolute atomic E-state index is 0.0192. The third kappa shape index (κ3) is 5.31. The summed E-state index contributed by atoms with van der Waals surface area (Å²) in [5.41, 5.74) is 0.362. The molecule has 1 fully saturated rings. The first-order valence-electron chi connectivity index (χ1n) is 11.4. The molecule has 9 nitrogen and oxygen atoms in total. The highest BCUT2D eigenvalue weighted by molar-refractivity contribution is 5.91. The minimum Gasteiger partial charge on any atom is -0.475 e.